The van der Waals surface area contributed by atoms with Gasteiger partial charge >= 0.3 is 0 Å². The molecule has 3 amide bonds. The highest BCUT2D eigenvalue weighted by Gasteiger charge is 2.67. The molecule has 1 aliphatic heterocycles. The molecule has 1 N–H and O–H groups in total. The molecule has 2 atom stereocenters. The Balaban J connectivity index is 1.29. The summed E-state index contributed by atoms with van der Waals surface area (Å²) in [6.45, 7) is 0.231. The standard InChI is InChI=1S/C35H29N3O3/c39-29(20-19-23-11-3-1-4-12-23)37-36-22-35-27-17-9-7-15-25(27)30(26-16-8-10-18-28(26)35)31-32(35)34(41)38(33(31)40)21-24-13-5-2-6-14-24/h1-18,22,30-32H,19-21H2,(H,37,39)/b36-22-/t30?,31-,32+,35?/m1/s1. The van der Waals surface area contributed by atoms with Crippen LogP contribution in [0.1, 0.15) is 45.7 Å². The monoisotopic (exact) mass is 539 g/mol. The van der Waals surface area contributed by atoms with Crippen molar-refractivity contribution in [1.82, 2.24) is 10.3 Å². The second-order valence-corrected chi connectivity index (χ2v) is 11.1. The maximum absolute atomic E-state index is 14.3. The van der Waals surface area contributed by atoms with E-state index in [1.54, 1.807) is 6.21 Å². The summed E-state index contributed by atoms with van der Waals surface area (Å²) in [5, 5.41) is 4.49. The van der Waals surface area contributed by atoms with Crippen molar-refractivity contribution in [2.75, 3.05) is 0 Å². The van der Waals surface area contributed by atoms with Crippen LogP contribution in [0.5, 0.6) is 0 Å². The molecule has 202 valence electrons. The van der Waals surface area contributed by atoms with Crippen molar-refractivity contribution >= 4 is 23.9 Å². The van der Waals surface area contributed by atoms with E-state index in [9.17, 15) is 14.4 Å². The van der Waals surface area contributed by atoms with Crippen LogP contribution in [0, 0.1) is 11.8 Å². The number of nitrogens with one attached hydrogen (secondary N) is 1. The fraction of sp³-hybridized carbons (Fsp3) is 0.200. The highest BCUT2D eigenvalue weighted by molar-refractivity contribution is 6.11. The molecule has 0 unspecified atom stereocenters. The van der Waals surface area contributed by atoms with Gasteiger partial charge in [-0.1, -0.05) is 109 Å². The summed E-state index contributed by atoms with van der Waals surface area (Å²) in [4.78, 5) is 42.6. The first-order valence-electron chi connectivity index (χ1n) is 14.0. The van der Waals surface area contributed by atoms with E-state index in [0.29, 0.717) is 6.42 Å². The maximum atomic E-state index is 14.3. The molecule has 1 fully saturated rings. The van der Waals surface area contributed by atoms with Crippen LogP contribution in [0.3, 0.4) is 0 Å². The first kappa shape index (κ1) is 25.1. The highest BCUT2D eigenvalue weighted by Crippen LogP contribution is 2.63. The number of hydrogen-bond donors (Lipinski definition) is 1. The molecule has 1 heterocycles. The van der Waals surface area contributed by atoms with E-state index in [-0.39, 0.29) is 36.6 Å². The minimum Gasteiger partial charge on any atom is -0.278 e. The molecule has 0 saturated carbocycles. The van der Waals surface area contributed by atoms with Gasteiger partial charge in [-0.05, 0) is 39.8 Å². The average Bonchev–Trinajstić information content (AvgIpc) is 3.27. The molecule has 1 saturated heterocycles. The van der Waals surface area contributed by atoms with Crippen LogP contribution in [0.2, 0.25) is 0 Å². The largest absolute Gasteiger partial charge is 0.278 e. The van der Waals surface area contributed by atoms with Gasteiger partial charge in [-0.25, -0.2) is 5.43 Å². The van der Waals surface area contributed by atoms with Gasteiger partial charge in [0.15, 0.2) is 0 Å². The lowest BCUT2D eigenvalue weighted by Gasteiger charge is -2.52. The minimum absolute atomic E-state index is 0.150. The second kappa shape index (κ2) is 9.97. The third-order valence-corrected chi connectivity index (χ3v) is 8.90. The van der Waals surface area contributed by atoms with E-state index in [2.05, 4.69) is 22.7 Å². The van der Waals surface area contributed by atoms with Gasteiger partial charge in [0, 0.05) is 18.6 Å². The molecule has 0 radical (unpaired) electrons. The van der Waals surface area contributed by atoms with E-state index >= 15 is 0 Å². The Kier molecular flexibility index (Phi) is 6.11. The average molecular weight is 540 g/mol. The quantitative estimate of drug-likeness (QED) is 0.205. The van der Waals surface area contributed by atoms with Crippen LogP contribution in [0.4, 0.5) is 0 Å². The van der Waals surface area contributed by atoms with Gasteiger partial charge in [-0.15, -0.1) is 0 Å². The highest BCUT2D eigenvalue weighted by atomic mass is 16.2. The topological polar surface area (TPSA) is 78.8 Å². The molecule has 8 rings (SSSR count). The molecule has 6 nitrogen and oxygen atoms in total. The molecule has 4 aromatic carbocycles. The zero-order valence-electron chi connectivity index (χ0n) is 22.4. The van der Waals surface area contributed by atoms with E-state index in [1.807, 2.05) is 97.1 Å². The summed E-state index contributed by atoms with van der Waals surface area (Å²) in [6.07, 6.45) is 2.61. The Labute approximate surface area is 238 Å². The number of nitrogens with zero attached hydrogens (tertiary/aromatic N) is 2. The van der Waals surface area contributed by atoms with Crippen LogP contribution in [0.25, 0.3) is 0 Å². The molecular formula is C35H29N3O3. The molecule has 41 heavy (non-hydrogen) atoms. The van der Waals surface area contributed by atoms with Crippen LogP contribution in [-0.4, -0.2) is 28.8 Å². The molecule has 0 spiro atoms. The first-order valence-corrected chi connectivity index (χ1v) is 14.0. The predicted octanol–water partition coefficient (Wildman–Crippen LogP) is 4.97. The predicted molar refractivity (Wildman–Crippen MR) is 156 cm³/mol. The van der Waals surface area contributed by atoms with Gasteiger partial charge in [0.25, 0.3) is 0 Å². The fourth-order valence-electron chi connectivity index (χ4n) is 7.20. The van der Waals surface area contributed by atoms with Crippen molar-refractivity contribution in [2.24, 2.45) is 16.9 Å². The fourth-order valence-corrected chi connectivity index (χ4v) is 7.20. The van der Waals surface area contributed by atoms with Gasteiger partial charge in [0.05, 0.1) is 23.8 Å². The van der Waals surface area contributed by atoms with Crippen molar-refractivity contribution in [1.29, 1.82) is 0 Å². The van der Waals surface area contributed by atoms with Gasteiger partial charge in [-0.2, -0.15) is 5.10 Å². The van der Waals surface area contributed by atoms with Gasteiger partial charge < -0.3 is 0 Å². The van der Waals surface area contributed by atoms with Crippen molar-refractivity contribution in [3.05, 3.63) is 143 Å². The molecular weight excluding hydrogens is 510 g/mol. The Morgan fingerprint density at radius 3 is 1.95 bits per heavy atom. The summed E-state index contributed by atoms with van der Waals surface area (Å²) < 4.78 is 0. The Bertz CT molecular complexity index is 1630. The van der Waals surface area contributed by atoms with Gasteiger partial charge in [-0.3, -0.25) is 19.3 Å². The summed E-state index contributed by atoms with van der Waals surface area (Å²) >= 11 is 0. The van der Waals surface area contributed by atoms with Gasteiger partial charge in [0.2, 0.25) is 17.7 Å². The number of rotatable bonds is 7. The SMILES string of the molecule is O=C(CCc1ccccc1)N/N=C\C12c3ccccc3C(c3ccccc31)[C@H]1C(=O)N(Cc3ccccc3)C(=O)[C@H]12. The normalized spacial score (nSPS) is 23.8. The molecule has 6 heteroatoms. The smallest absolute Gasteiger partial charge is 0.240 e. The molecule has 2 bridgehead atoms. The number of hydrazone groups is 1. The van der Waals surface area contributed by atoms with E-state index < -0.39 is 17.3 Å². The van der Waals surface area contributed by atoms with Crippen LogP contribution >= 0.6 is 0 Å². The van der Waals surface area contributed by atoms with Crippen molar-refractivity contribution in [3.8, 4) is 0 Å². The minimum atomic E-state index is -0.989. The second-order valence-electron chi connectivity index (χ2n) is 11.1. The van der Waals surface area contributed by atoms with Crippen LogP contribution < -0.4 is 5.43 Å². The number of carbonyl (C=O) groups excluding carboxylic acids is 3. The summed E-state index contributed by atoms with van der Waals surface area (Å²) in [6, 6.07) is 35.6. The van der Waals surface area contributed by atoms with Crippen molar-refractivity contribution < 1.29 is 14.4 Å². The molecule has 4 aromatic rings. The number of imide groups is 1. The summed E-state index contributed by atoms with van der Waals surface area (Å²) in [5.74, 6) is -1.97. The number of likely N-dealkylation sites (tertiary alicyclic amines) is 1. The lowest BCUT2D eigenvalue weighted by molar-refractivity contribution is -0.140. The molecule has 3 aliphatic carbocycles. The zero-order chi connectivity index (χ0) is 28.0. The van der Waals surface area contributed by atoms with Crippen molar-refractivity contribution in [2.45, 2.75) is 30.7 Å². The number of hydrogen-bond acceptors (Lipinski definition) is 4. The van der Waals surface area contributed by atoms with Crippen LogP contribution in [-0.2, 0) is 32.8 Å². The molecule has 0 aromatic heterocycles. The Hall–Kier alpha value is -4.84. The maximum Gasteiger partial charge on any atom is 0.240 e. The van der Waals surface area contributed by atoms with Crippen LogP contribution in [0.15, 0.2) is 114 Å². The molecule has 4 aliphatic rings. The lowest BCUT2D eigenvalue weighted by atomic mass is 9.47. The number of benzene rings is 4. The zero-order valence-corrected chi connectivity index (χ0v) is 22.4. The van der Waals surface area contributed by atoms with E-state index in [0.717, 1.165) is 33.4 Å². The summed E-state index contributed by atoms with van der Waals surface area (Å²) in [7, 11) is 0. The number of carbonyl (C=O) groups is 3. The summed E-state index contributed by atoms with van der Waals surface area (Å²) in [5.41, 5.74) is 7.73. The number of amides is 3. The Morgan fingerprint density at radius 1 is 0.756 bits per heavy atom. The third-order valence-electron chi connectivity index (χ3n) is 8.90. The van der Waals surface area contributed by atoms with E-state index in [1.165, 1.54) is 4.90 Å². The number of aryl methyl sites for hydroxylation is 1. The van der Waals surface area contributed by atoms with Gasteiger partial charge in [0.1, 0.15) is 0 Å². The Morgan fingerprint density at radius 2 is 1.32 bits per heavy atom. The first-order chi connectivity index (χ1) is 20.1. The third kappa shape index (κ3) is 3.93. The van der Waals surface area contributed by atoms with Crippen molar-refractivity contribution in [3.63, 3.8) is 0 Å². The van der Waals surface area contributed by atoms with E-state index in [4.69, 9.17) is 0 Å². The lowest BCUT2D eigenvalue weighted by Crippen LogP contribution is -2.54.